The third-order valence-corrected chi connectivity index (χ3v) is 8.24. The van der Waals surface area contributed by atoms with Crippen molar-refractivity contribution in [1.29, 1.82) is 0 Å². The van der Waals surface area contributed by atoms with E-state index in [4.69, 9.17) is 9.47 Å². The van der Waals surface area contributed by atoms with Gasteiger partial charge in [0.05, 0.1) is 30.7 Å². The highest BCUT2D eigenvalue weighted by Crippen LogP contribution is 2.43. The summed E-state index contributed by atoms with van der Waals surface area (Å²) in [4.78, 5) is 28.9. The molecule has 2 saturated heterocycles. The number of carbonyl (C=O) groups excluding carboxylic acids is 2. The van der Waals surface area contributed by atoms with Crippen molar-refractivity contribution >= 4 is 21.8 Å². The van der Waals surface area contributed by atoms with Crippen molar-refractivity contribution in [3.05, 3.63) is 35.3 Å². The molecule has 12 heteroatoms. The lowest BCUT2D eigenvalue weighted by Crippen LogP contribution is -2.41. The van der Waals surface area contributed by atoms with Crippen LogP contribution in [0.15, 0.2) is 23.1 Å². The fourth-order valence-corrected chi connectivity index (χ4v) is 6.61. The highest BCUT2D eigenvalue weighted by molar-refractivity contribution is 7.91. The first-order valence-electron chi connectivity index (χ1n) is 11.9. The smallest absolute Gasteiger partial charge is 0.410 e. The summed E-state index contributed by atoms with van der Waals surface area (Å²) in [6, 6.07) is 3.76. The molecule has 1 atom stereocenters. The SMILES string of the molecule is CC(C)(C)OC(=O)N1CC[C@@H](n2nc(C(=O)N3CCOCC3)c3c2-c2cccc(F)c2S(=O)(=O)C3)C1. The molecule has 3 aliphatic heterocycles. The predicted octanol–water partition coefficient (Wildman–Crippen LogP) is 2.63. The third-order valence-electron chi connectivity index (χ3n) is 6.54. The summed E-state index contributed by atoms with van der Waals surface area (Å²) in [7, 11) is -4.04. The second-order valence-electron chi connectivity index (χ2n) is 10.3. The molecule has 3 aliphatic rings. The van der Waals surface area contributed by atoms with E-state index in [1.807, 2.05) is 0 Å². The average molecular weight is 521 g/mol. The first-order valence-corrected chi connectivity index (χ1v) is 13.6. The Labute approximate surface area is 208 Å². The molecule has 194 valence electrons. The van der Waals surface area contributed by atoms with E-state index in [0.29, 0.717) is 45.0 Å². The summed E-state index contributed by atoms with van der Waals surface area (Å²) >= 11 is 0. The first kappa shape index (κ1) is 24.7. The number of rotatable bonds is 2. The number of hydrogen-bond acceptors (Lipinski definition) is 7. The van der Waals surface area contributed by atoms with Crippen molar-refractivity contribution in [2.24, 2.45) is 0 Å². The summed E-state index contributed by atoms with van der Waals surface area (Å²) in [5.41, 5.74) is 0.247. The fourth-order valence-electron chi connectivity index (χ4n) is 4.95. The van der Waals surface area contributed by atoms with Gasteiger partial charge in [-0.25, -0.2) is 17.6 Å². The highest BCUT2D eigenvalue weighted by Gasteiger charge is 2.41. The Morgan fingerprint density at radius 1 is 1.14 bits per heavy atom. The van der Waals surface area contributed by atoms with Crippen LogP contribution in [-0.4, -0.2) is 85.0 Å². The summed E-state index contributed by atoms with van der Waals surface area (Å²) in [5, 5.41) is 4.63. The van der Waals surface area contributed by atoms with E-state index in [1.165, 1.54) is 12.1 Å². The molecule has 0 saturated carbocycles. The molecule has 2 fully saturated rings. The molecule has 36 heavy (non-hydrogen) atoms. The monoisotopic (exact) mass is 520 g/mol. The van der Waals surface area contributed by atoms with E-state index < -0.39 is 33.1 Å². The number of benzene rings is 1. The maximum absolute atomic E-state index is 14.8. The zero-order valence-electron chi connectivity index (χ0n) is 20.5. The summed E-state index contributed by atoms with van der Waals surface area (Å²) in [6.07, 6.45) is 0.0697. The van der Waals surface area contributed by atoms with E-state index in [-0.39, 0.29) is 40.2 Å². The van der Waals surface area contributed by atoms with Crippen molar-refractivity contribution in [3.63, 3.8) is 0 Å². The van der Waals surface area contributed by atoms with Crippen molar-refractivity contribution in [3.8, 4) is 11.3 Å². The summed E-state index contributed by atoms with van der Waals surface area (Å²) < 4.78 is 53.5. The van der Waals surface area contributed by atoms with Crippen molar-refractivity contribution in [2.75, 3.05) is 39.4 Å². The number of fused-ring (bicyclic) bond motifs is 3. The Morgan fingerprint density at radius 2 is 1.86 bits per heavy atom. The molecule has 0 bridgehead atoms. The Bertz CT molecular complexity index is 1330. The number of aromatic nitrogens is 2. The van der Waals surface area contributed by atoms with Gasteiger partial charge in [0.15, 0.2) is 15.5 Å². The molecule has 10 nitrogen and oxygen atoms in total. The van der Waals surface area contributed by atoms with Crippen LogP contribution in [-0.2, 0) is 25.1 Å². The van der Waals surface area contributed by atoms with Gasteiger partial charge in [-0.05, 0) is 33.3 Å². The molecule has 2 aromatic rings. The Morgan fingerprint density at radius 3 is 2.56 bits per heavy atom. The minimum Gasteiger partial charge on any atom is -0.444 e. The third kappa shape index (κ3) is 4.36. The van der Waals surface area contributed by atoms with Gasteiger partial charge < -0.3 is 19.3 Å². The average Bonchev–Trinajstić information content (AvgIpc) is 3.43. The van der Waals surface area contributed by atoms with Crippen LogP contribution in [0.3, 0.4) is 0 Å². The number of hydrogen-bond donors (Lipinski definition) is 0. The first-order chi connectivity index (χ1) is 17.0. The quantitative estimate of drug-likeness (QED) is 0.599. The van der Waals surface area contributed by atoms with E-state index in [2.05, 4.69) is 5.10 Å². The van der Waals surface area contributed by atoms with Gasteiger partial charge in [-0.15, -0.1) is 0 Å². The molecule has 2 amide bonds. The van der Waals surface area contributed by atoms with Gasteiger partial charge in [-0.3, -0.25) is 9.48 Å². The van der Waals surface area contributed by atoms with Gasteiger partial charge in [-0.2, -0.15) is 5.10 Å². The minimum absolute atomic E-state index is 0.0427. The van der Waals surface area contributed by atoms with Gasteiger partial charge in [0.1, 0.15) is 16.3 Å². The molecular weight excluding hydrogens is 491 g/mol. The normalized spacial score (nSPS) is 21.2. The second kappa shape index (κ2) is 8.84. The van der Waals surface area contributed by atoms with Crippen LogP contribution in [0.5, 0.6) is 0 Å². The van der Waals surface area contributed by atoms with Crippen LogP contribution in [0.25, 0.3) is 11.3 Å². The summed E-state index contributed by atoms with van der Waals surface area (Å²) in [6.45, 7) is 7.56. The number of likely N-dealkylation sites (tertiary alicyclic amines) is 1. The van der Waals surface area contributed by atoms with Crippen LogP contribution in [0.1, 0.15) is 49.3 Å². The molecular formula is C24H29FN4O6S. The predicted molar refractivity (Wildman–Crippen MR) is 127 cm³/mol. The molecule has 1 aromatic heterocycles. The van der Waals surface area contributed by atoms with E-state index in [9.17, 15) is 22.4 Å². The molecule has 4 heterocycles. The molecule has 0 spiro atoms. The number of nitrogens with zero attached hydrogens (tertiary/aromatic N) is 4. The summed E-state index contributed by atoms with van der Waals surface area (Å²) in [5.74, 6) is -1.75. The van der Waals surface area contributed by atoms with E-state index in [1.54, 1.807) is 35.3 Å². The standard InChI is InChI=1S/C24H29FN4O6S/c1-24(2,3)35-23(31)28-8-7-15(13-28)29-20-16-5-4-6-18(25)21(16)36(32,33)14-17(20)19(26-29)22(30)27-9-11-34-12-10-27/h4-6,15H,7-14H2,1-3H3/t15-/m1/s1. The van der Waals surface area contributed by atoms with Crippen LogP contribution in [0, 0.1) is 5.82 Å². The number of ether oxygens (including phenoxy) is 2. The van der Waals surface area contributed by atoms with Crippen LogP contribution < -0.4 is 0 Å². The number of morpholine rings is 1. The molecule has 1 aromatic carbocycles. The maximum Gasteiger partial charge on any atom is 0.410 e. The number of halogens is 1. The van der Waals surface area contributed by atoms with Gasteiger partial charge in [0, 0.05) is 37.3 Å². The number of sulfone groups is 1. The van der Waals surface area contributed by atoms with Crippen molar-refractivity contribution in [1.82, 2.24) is 19.6 Å². The van der Waals surface area contributed by atoms with Crippen LogP contribution in [0.4, 0.5) is 9.18 Å². The van der Waals surface area contributed by atoms with Gasteiger partial charge in [-0.1, -0.05) is 12.1 Å². The molecule has 0 N–H and O–H groups in total. The molecule has 0 unspecified atom stereocenters. The lowest BCUT2D eigenvalue weighted by atomic mass is 10.0. The largest absolute Gasteiger partial charge is 0.444 e. The zero-order chi connectivity index (χ0) is 25.8. The Hall–Kier alpha value is -2.99. The van der Waals surface area contributed by atoms with Gasteiger partial charge in [0.2, 0.25) is 0 Å². The maximum atomic E-state index is 14.8. The lowest BCUT2D eigenvalue weighted by Gasteiger charge is -2.26. The van der Waals surface area contributed by atoms with Crippen molar-refractivity contribution < 1.29 is 31.9 Å². The van der Waals surface area contributed by atoms with Gasteiger partial charge in [0.25, 0.3) is 5.91 Å². The minimum atomic E-state index is -4.04. The molecule has 5 rings (SSSR count). The van der Waals surface area contributed by atoms with Crippen LogP contribution in [0.2, 0.25) is 0 Å². The zero-order valence-corrected chi connectivity index (χ0v) is 21.3. The Balaban J connectivity index is 1.59. The lowest BCUT2D eigenvalue weighted by molar-refractivity contribution is 0.0284. The van der Waals surface area contributed by atoms with Gasteiger partial charge >= 0.3 is 6.09 Å². The highest BCUT2D eigenvalue weighted by atomic mass is 32.2. The van der Waals surface area contributed by atoms with E-state index in [0.717, 1.165) is 6.07 Å². The molecule has 0 aliphatic carbocycles. The van der Waals surface area contributed by atoms with Crippen molar-refractivity contribution in [2.45, 2.75) is 49.5 Å². The number of amides is 2. The van der Waals surface area contributed by atoms with E-state index >= 15 is 0 Å². The second-order valence-corrected chi connectivity index (χ2v) is 12.2. The topological polar surface area (TPSA) is 111 Å². The fraction of sp³-hybridized carbons (Fsp3) is 0.542. The number of carbonyl (C=O) groups is 2. The molecule has 0 radical (unpaired) electrons. The van der Waals surface area contributed by atoms with Crippen LogP contribution >= 0.6 is 0 Å². The Kier molecular flexibility index (Phi) is 6.06.